The van der Waals surface area contributed by atoms with Crippen molar-refractivity contribution in [2.75, 3.05) is 5.73 Å². The summed E-state index contributed by atoms with van der Waals surface area (Å²) in [6, 6.07) is 9.30. The zero-order valence-corrected chi connectivity index (χ0v) is 24.3. The maximum atomic E-state index is 10.3. The SMILES string of the molecule is C.C.Clc1ccncn1.Nc1ccn(-c2ccncn2)n1.O=[N+]([O-])c1ccn(-c2ccncn2)n1.O=[N+]([O-])c1ccn[nH]1.[H-].[Na+]. The van der Waals surface area contributed by atoms with Gasteiger partial charge in [-0.2, -0.15) is 0 Å². The molecule has 0 amide bonds. The van der Waals surface area contributed by atoms with Gasteiger partial charge in [0.15, 0.2) is 11.6 Å². The Bertz CT molecular complexity index is 1630. The Morgan fingerprint density at radius 1 is 0.750 bits per heavy atom. The van der Waals surface area contributed by atoms with Gasteiger partial charge in [-0.05, 0) is 15.9 Å². The van der Waals surface area contributed by atoms with Crippen LogP contribution in [0.2, 0.25) is 5.15 Å². The molecule has 0 atom stereocenters. The number of nitrogens with zero attached hydrogens (tertiary/aromatic N) is 13. The number of nitrogens with one attached hydrogen (secondary N) is 1. The van der Waals surface area contributed by atoms with Gasteiger partial charge in [0.05, 0.1) is 29.6 Å². The van der Waals surface area contributed by atoms with E-state index in [0.29, 0.717) is 22.6 Å². The summed E-state index contributed by atoms with van der Waals surface area (Å²) in [5.41, 5.74) is 5.44. The molecule has 6 heterocycles. The minimum absolute atomic E-state index is 0. The molecular formula is C23H27ClN15NaO4. The third-order valence-electron chi connectivity index (χ3n) is 4.20. The van der Waals surface area contributed by atoms with Gasteiger partial charge in [-0.3, -0.25) is 0 Å². The van der Waals surface area contributed by atoms with Crippen LogP contribution >= 0.6 is 11.6 Å². The van der Waals surface area contributed by atoms with Crippen LogP contribution in [0, 0.1) is 20.2 Å². The van der Waals surface area contributed by atoms with Gasteiger partial charge in [0, 0.05) is 43.0 Å². The van der Waals surface area contributed by atoms with Gasteiger partial charge in [0.1, 0.15) is 30.0 Å². The number of nitro groups is 2. The van der Waals surface area contributed by atoms with Crippen molar-refractivity contribution in [3.8, 4) is 11.6 Å². The maximum absolute atomic E-state index is 10.3. The van der Waals surface area contributed by atoms with Gasteiger partial charge in [-0.1, -0.05) is 31.6 Å². The van der Waals surface area contributed by atoms with Crippen LogP contribution < -0.4 is 35.3 Å². The Labute approximate surface area is 278 Å². The predicted molar refractivity (Wildman–Crippen MR) is 156 cm³/mol. The fourth-order valence-corrected chi connectivity index (χ4v) is 2.57. The summed E-state index contributed by atoms with van der Waals surface area (Å²) in [5.74, 6) is 1.40. The van der Waals surface area contributed by atoms with Crippen molar-refractivity contribution in [2.45, 2.75) is 14.9 Å². The number of anilines is 1. The topological polar surface area (TPSA) is 254 Å². The van der Waals surface area contributed by atoms with Crippen molar-refractivity contribution >= 4 is 29.1 Å². The molecule has 6 rings (SSSR count). The van der Waals surface area contributed by atoms with Crippen LogP contribution in [0.15, 0.2) is 92.6 Å². The van der Waals surface area contributed by atoms with E-state index in [-0.39, 0.29) is 57.5 Å². The molecule has 0 aliphatic rings. The third-order valence-corrected chi connectivity index (χ3v) is 4.43. The molecule has 44 heavy (non-hydrogen) atoms. The van der Waals surface area contributed by atoms with Crippen LogP contribution in [-0.4, -0.2) is 69.5 Å². The normalized spacial score (nSPS) is 8.93. The molecule has 0 aromatic carbocycles. The van der Waals surface area contributed by atoms with E-state index in [0.717, 1.165) is 0 Å². The zero-order valence-electron chi connectivity index (χ0n) is 22.6. The summed E-state index contributed by atoms with van der Waals surface area (Å²) in [5, 5.41) is 33.9. The van der Waals surface area contributed by atoms with E-state index in [4.69, 9.17) is 17.3 Å². The Morgan fingerprint density at radius 3 is 1.61 bits per heavy atom. The molecule has 0 radical (unpaired) electrons. The standard InChI is InChI=1S/C7H5N5O2.C7H7N5.C4H3ClN2.C3H3N3O2.2CH4.Na.H/c13-12(14)7-2-4-11(10-7)6-1-3-8-5-9-6;8-6-2-4-12(11-6)7-1-3-9-5-10-7;5-4-1-2-6-3-7-4;7-6(8)3-1-2-4-5-3;;;;/h1-5H;1-5H,(H2,8,11);1-3H;1-2H,(H,4,5);2*1H4;;/q;;;;;;+1;-1. The van der Waals surface area contributed by atoms with Crippen LogP contribution in [0.25, 0.3) is 11.6 Å². The minimum Gasteiger partial charge on any atom is -1.00 e. The molecule has 3 N–H and O–H groups in total. The van der Waals surface area contributed by atoms with E-state index >= 15 is 0 Å². The Morgan fingerprint density at radius 2 is 1.30 bits per heavy atom. The second-order valence-corrected chi connectivity index (χ2v) is 7.31. The minimum atomic E-state index is -0.558. The molecule has 0 fully saturated rings. The molecule has 0 saturated heterocycles. The summed E-state index contributed by atoms with van der Waals surface area (Å²) in [6.07, 6.45) is 13.6. The largest absolute Gasteiger partial charge is 1.00 e. The summed E-state index contributed by atoms with van der Waals surface area (Å²) in [6.45, 7) is 0. The van der Waals surface area contributed by atoms with Crippen molar-refractivity contribution in [3.05, 3.63) is 118 Å². The Kier molecular flexibility index (Phi) is 18.2. The van der Waals surface area contributed by atoms with Crippen molar-refractivity contribution in [3.63, 3.8) is 0 Å². The molecule has 226 valence electrons. The van der Waals surface area contributed by atoms with Gasteiger partial charge in [0.25, 0.3) is 0 Å². The Hall–Kier alpha value is -5.24. The first-order valence-electron chi connectivity index (χ1n) is 10.9. The van der Waals surface area contributed by atoms with Crippen LogP contribution in [0.5, 0.6) is 0 Å². The van der Waals surface area contributed by atoms with E-state index < -0.39 is 9.85 Å². The molecular weight excluding hydrogens is 609 g/mol. The third kappa shape index (κ3) is 13.2. The van der Waals surface area contributed by atoms with Gasteiger partial charge >= 0.3 is 41.2 Å². The van der Waals surface area contributed by atoms with E-state index in [9.17, 15) is 20.2 Å². The van der Waals surface area contributed by atoms with E-state index in [2.05, 4.69) is 50.3 Å². The predicted octanol–water partition coefficient (Wildman–Crippen LogP) is 0.652. The second kappa shape index (κ2) is 20.6. The quantitative estimate of drug-likeness (QED) is 0.117. The average Bonchev–Trinajstić information content (AvgIpc) is 3.78. The van der Waals surface area contributed by atoms with Crippen molar-refractivity contribution in [1.29, 1.82) is 0 Å². The summed E-state index contributed by atoms with van der Waals surface area (Å²) in [7, 11) is 0. The fraction of sp³-hybridized carbons (Fsp3) is 0.0870. The number of nitrogens with two attached hydrogens (primary N) is 1. The Balaban J connectivity index is 0. The zero-order chi connectivity index (χ0) is 29.5. The molecule has 0 aliphatic carbocycles. The molecule has 0 unspecified atom stereocenters. The van der Waals surface area contributed by atoms with Gasteiger partial charge < -0.3 is 27.4 Å². The number of aromatic amines is 1. The van der Waals surface area contributed by atoms with E-state index in [1.807, 2.05) is 0 Å². The van der Waals surface area contributed by atoms with Gasteiger partial charge in [0.2, 0.25) is 0 Å². The first-order chi connectivity index (χ1) is 19.8. The van der Waals surface area contributed by atoms with Crippen LogP contribution in [0.1, 0.15) is 16.3 Å². The first-order valence-corrected chi connectivity index (χ1v) is 11.3. The number of halogens is 1. The number of nitrogen functional groups attached to an aromatic ring is 1. The van der Waals surface area contributed by atoms with Crippen LogP contribution in [0.3, 0.4) is 0 Å². The van der Waals surface area contributed by atoms with E-state index in [1.165, 1.54) is 54.4 Å². The number of rotatable bonds is 4. The number of hydrogen-bond acceptors (Lipinski definition) is 14. The number of H-pyrrole nitrogens is 1. The van der Waals surface area contributed by atoms with Crippen LogP contribution in [0.4, 0.5) is 17.5 Å². The fourth-order valence-electron chi connectivity index (χ4n) is 2.47. The number of aromatic nitrogens is 12. The summed E-state index contributed by atoms with van der Waals surface area (Å²) >= 11 is 5.39. The molecule has 21 heteroatoms. The van der Waals surface area contributed by atoms with Crippen molar-refractivity contribution in [2.24, 2.45) is 0 Å². The van der Waals surface area contributed by atoms with Crippen molar-refractivity contribution in [1.82, 2.24) is 59.7 Å². The van der Waals surface area contributed by atoms with Crippen molar-refractivity contribution < 1.29 is 40.8 Å². The molecule has 19 nitrogen and oxygen atoms in total. The molecule has 0 spiro atoms. The first kappa shape index (κ1) is 38.8. The van der Waals surface area contributed by atoms with Gasteiger partial charge in [-0.25, -0.2) is 34.6 Å². The average molecular weight is 636 g/mol. The molecule has 0 bridgehead atoms. The maximum Gasteiger partial charge on any atom is 1.00 e. The second-order valence-electron chi connectivity index (χ2n) is 6.93. The summed E-state index contributed by atoms with van der Waals surface area (Å²) in [4.78, 5) is 41.7. The molecule has 0 aliphatic heterocycles. The summed E-state index contributed by atoms with van der Waals surface area (Å²) < 4.78 is 2.91. The molecule has 6 aromatic heterocycles. The van der Waals surface area contributed by atoms with Gasteiger partial charge in [-0.15, -0.1) is 14.9 Å². The molecule has 6 aromatic rings. The molecule has 0 saturated carbocycles. The van der Waals surface area contributed by atoms with E-state index in [1.54, 1.807) is 47.5 Å². The van der Waals surface area contributed by atoms with Crippen LogP contribution in [-0.2, 0) is 0 Å². The smallest absolute Gasteiger partial charge is 1.00 e. The number of hydrogen-bond donors (Lipinski definition) is 2. The monoisotopic (exact) mass is 635 g/mol.